The molecule has 0 aliphatic carbocycles. The number of nitrogens with one attached hydrogen (secondary N) is 1. The van der Waals surface area contributed by atoms with Crippen molar-refractivity contribution in [1.29, 1.82) is 0 Å². The van der Waals surface area contributed by atoms with Gasteiger partial charge in [0.05, 0.1) is 33.8 Å². The molecule has 0 aliphatic heterocycles. The summed E-state index contributed by atoms with van der Waals surface area (Å²) in [5.74, 6) is -0.535. The predicted octanol–water partition coefficient (Wildman–Crippen LogP) is 22.1. The van der Waals surface area contributed by atoms with Crippen LogP contribution in [0.4, 0.5) is 0 Å². The van der Waals surface area contributed by atoms with Crippen LogP contribution in [-0.4, -0.2) is 74.3 Å². The number of phosphoric ester groups is 1. The summed E-state index contributed by atoms with van der Waals surface area (Å²) in [4.78, 5) is 37.8. The number of nitrogens with zero attached hydrogens (tertiary/aromatic N) is 1. The largest absolute Gasteiger partial charge is 0.472 e. The number of unbranched alkanes of at least 4 members (excludes halogenated alkanes) is 35. The quantitative estimate of drug-likeness (QED) is 0.0205. The number of amides is 1. The third-order valence-corrected chi connectivity index (χ3v) is 16.3. The number of quaternary nitrogens is 1. The predicted molar refractivity (Wildman–Crippen MR) is 360 cm³/mol. The fourth-order valence-corrected chi connectivity index (χ4v) is 10.6. The summed E-state index contributed by atoms with van der Waals surface area (Å²) in [5, 5.41) is 3.06. The minimum Gasteiger partial charge on any atom is -0.456 e. The highest BCUT2D eigenvalue weighted by molar-refractivity contribution is 7.47. The number of hydrogen-bond acceptors (Lipinski definition) is 6. The van der Waals surface area contributed by atoms with Crippen LogP contribution < -0.4 is 5.32 Å². The average molecular weight is 1180 g/mol. The van der Waals surface area contributed by atoms with Gasteiger partial charge in [0.25, 0.3) is 0 Å². The lowest BCUT2D eigenvalue weighted by molar-refractivity contribution is -0.870. The van der Waals surface area contributed by atoms with Gasteiger partial charge >= 0.3 is 13.8 Å². The number of likely N-dealkylation sites (N-methyl/N-ethyl adjacent to an activating group) is 1. The summed E-state index contributed by atoms with van der Waals surface area (Å²) in [6.45, 7) is 6.96. The molecule has 0 saturated carbocycles. The lowest BCUT2D eigenvalue weighted by Crippen LogP contribution is -2.47. The lowest BCUT2D eigenvalue weighted by Gasteiger charge is -2.27. The fourth-order valence-electron chi connectivity index (χ4n) is 9.90. The van der Waals surface area contributed by atoms with Gasteiger partial charge in [-0.1, -0.05) is 280 Å². The van der Waals surface area contributed by atoms with Gasteiger partial charge in [-0.05, 0) is 109 Å². The average Bonchev–Trinajstić information content (AvgIpc) is 3.51. The van der Waals surface area contributed by atoms with E-state index in [1.165, 1.54) is 193 Å². The summed E-state index contributed by atoms with van der Waals surface area (Å²) >= 11 is 0. The Morgan fingerprint density at radius 3 is 1.13 bits per heavy atom. The standard InChI is InChI=1S/C73H133N2O7P/c1-7-10-13-16-19-22-25-27-29-31-33-34-35-36-37-38-39-40-42-43-45-47-50-53-56-59-62-65-72(76)74-70(69-81-83(78,79)80-68-67-75(4,5)6)71(64-61-58-55-52-49-24-21-18-15-12-9-3)82-73(77)66-63-60-57-54-51-48-46-44-41-32-30-28-26-23-20-17-14-11-8-2/h19-20,22-23,27-30,41,44,48,51,61,64,70-71H,7-18,21,24-26,31-40,42-43,45-47,49-50,52-60,62-63,65-69H2,1-6H3,(H-,74,76,78,79)/p+1/b22-19-,23-20-,29-27-,30-28-,44-41-,51-48-,64-61-. The molecule has 0 fully saturated rings. The highest BCUT2D eigenvalue weighted by atomic mass is 31.2. The van der Waals surface area contributed by atoms with Crippen LogP contribution in [0.5, 0.6) is 0 Å². The van der Waals surface area contributed by atoms with Crippen molar-refractivity contribution in [2.75, 3.05) is 40.9 Å². The first kappa shape index (κ1) is 80.2. The molecule has 1 amide bonds. The van der Waals surface area contributed by atoms with Gasteiger partial charge in [0, 0.05) is 12.8 Å². The third kappa shape index (κ3) is 63.5. The van der Waals surface area contributed by atoms with Crippen LogP contribution in [0.25, 0.3) is 0 Å². The smallest absolute Gasteiger partial charge is 0.456 e. The molecule has 0 aromatic heterocycles. The number of carbonyl (C=O) groups excluding carboxylic acids is 2. The van der Waals surface area contributed by atoms with Gasteiger partial charge in [0.1, 0.15) is 19.3 Å². The zero-order valence-electron chi connectivity index (χ0n) is 55.2. The van der Waals surface area contributed by atoms with E-state index in [1.807, 2.05) is 33.3 Å². The number of phosphoric acid groups is 1. The van der Waals surface area contributed by atoms with E-state index in [9.17, 15) is 19.0 Å². The second-order valence-electron chi connectivity index (χ2n) is 24.7. The van der Waals surface area contributed by atoms with Crippen LogP contribution >= 0.6 is 7.82 Å². The van der Waals surface area contributed by atoms with Gasteiger partial charge in [0.2, 0.25) is 5.91 Å². The van der Waals surface area contributed by atoms with Crippen molar-refractivity contribution in [2.24, 2.45) is 0 Å². The monoisotopic (exact) mass is 1180 g/mol. The Kier molecular flexibility index (Phi) is 60.1. The first-order valence-corrected chi connectivity index (χ1v) is 36.4. The maximum Gasteiger partial charge on any atom is 0.472 e. The summed E-state index contributed by atoms with van der Waals surface area (Å²) in [5.41, 5.74) is 0. The SMILES string of the molecule is CCCCC/C=C\C/C=C\C/C=C\C/C=C\CCCCCC(=O)OC(/C=C\CCCCCCCCCCC)C(COP(=O)(O)OCC[N+](C)(C)C)NC(=O)CCCCCCCCCCCCCCCCCCC/C=C\C/C=C\CCCCC. The zero-order valence-corrected chi connectivity index (χ0v) is 56.1. The molecule has 3 atom stereocenters. The summed E-state index contributed by atoms with van der Waals surface area (Å²) in [6.07, 6.45) is 83.1. The molecule has 10 heteroatoms. The van der Waals surface area contributed by atoms with E-state index in [0.717, 1.165) is 83.5 Å². The Morgan fingerprint density at radius 2 is 0.735 bits per heavy atom. The second kappa shape index (κ2) is 62.2. The molecule has 83 heavy (non-hydrogen) atoms. The minimum atomic E-state index is -4.46. The Morgan fingerprint density at radius 1 is 0.422 bits per heavy atom. The molecule has 0 spiro atoms. The highest BCUT2D eigenvalue weighted by Gasteiger charge is 2.30. The van der Waals surface area contributed by atoms with Gasteiger partial charge in [-0.25, -0.2) is 4.57 Å². The number of carbonyl (C=O) groups is 2. The van der Waals surface area contributed by atoms with Crippen LogP contribution in [0.2, 0.25) is 0 Å². The number of esters is 1. The van der Waals surface area contributed by atoms with Crippen LogP contribution in [0.3, 0.4) is 0 Å². The van der Waals surface area contributed by atoms with Crippen LogP contribution in [0.1, 0.15) is 316 Å². The summed E-state index contributed by atoms with van der Waals surface area (Å²) < 4.78 is 30.7. The Balaban J connectivity index is 5.04. The van der Waals surface area contributed by atoms with Gasteiger partial charge in [0.15, 0.2) is 0 Å². The van der Waals surface area contributed by atoms with Crippen LogP contribution in [0.15, 0.2) is 85.1 Å². The fraction of sp³-hybridized carbons (Fsp3) is 0.781. The molecule has 482 valence electrons. The summed E-state index contributed by atoms with van der Waals surface area (Å²) in [7, 11) is 1.48. The number of rotatable bonds is 63. The number of allylic oxidation sites excluding steroid dienone is 13. The van der Waals surface area contributed by atoms with E-state index in [4.69, 9.17) is 13.8 Å². The van der Waals surface area contributed by atoms with Gasteiger partial charge in [-0.2, -0.15) is 0 Å². The topological polar surface area (TPSA) is 111 Å². The molecule has 0 radical (unpaired) electrons. The maximum atomic E-state index is 13.6. The van der Waals surface area contributed by atoms with Crippen molar-refractivity contribution in [2.45, 2.75) is 328 Å². The highest BCUT2D eigenvalue weighted by Crippen LogP contribution is 2.43. The molecule has 3 unspecified atom stereocenters. The van der Waals surface area contributed by atoms with Gasteiger partial charge in [-0.3, -0.25) is 18.6 Å². The Labute approximate surface area is 514 Å². The molecule has 9 nitrogen and oxygen atoms in total. The van der Waals surface area contributed by atoms with E-state index in [-0.39, 0.29) is 31.5 Å². The number of ether oxygens (including phenoxy) is 1. The van der Waals surface area contributed by atoms with E-state index >= 15 is 0 Å². The van der Waals surface area contributed by atoms with Crippen molar-refractivity contribution in [3.8, 4) is 0 Å². The third-order valence-electron chi connectivity index (χ3n) is 15.3. The van der Waals surface area contributed by atoms with Crippen molar-refractivity contribution in [1.82, 2.24) is 5.32 Å². The second-order valence-corrected chi connectivity index (χ2v) is 26.1. The molecule has 0 rings (SSSR count). The molecule has 0 aromatic carbocycles. The van der Waals surface area contributed by atoms with E-state index in [2.05, 4.69) is 99.0 Å². The summed E-state index contributed by atoms with van der Waals surface area (Å²) in [6, 6.07) is -0.865. The minimum absolute atomic E-state index is 0.0329. The Hall–Kier alpha value is -2.81. The van der Waals surface area contributed by atoms with Crippen molar-refractivity contribution >= 4 is 19.7 Å². The molecule has 2 N–H and O–H groups in total. The van der Waals surface area contributed by atoms with Crippen LogP contribution in [-0.2, 0) is 27.9 Å². The molecule has 0 bridgehead atoms. The maximum absolute atomic E-state index is 13.6. The number of hydrogen-bond donors (Lipinski definition) is 2. The molecular formula is C73H134N2O7P+. The molecule has 0 heterocycles. The first-order chi connectivity index (χ1) is 40.4. The lowest BCUT2D eigenvalue weighted by atomic mass is 10.0. The zero-order chi connectivity index (χ0) is 60.7. The molecular weight excluding hydrogens is 1050 g/mol. The van der Waals surface area contributed by atoms with E-state index in [0.29, 0.717) is 23.9 Å². The first-order valence-electron chi connectivity index (χ1n) is 34.9. The van der Waals surface area contributed by atoms with Crippen molar-refractivity contribution < 1.29 is 37.3 Å². The van der Waals surface area contributed by atoms with Gasteiger partial charge < -0.3 is 19.4 Å². The van der Waals surface area contributed by atoms with Crippen molar-refractivity contribution in [3.05, 3.63) is 85.1 Å². The molecule has 0 aromatic rings. The molecule has 0 saturated heterocycles. The van der Waals surface area contributed by atoms with Crippen molar-refractivity contribution in [3.63, 3.8) is 0 Å². The van der Waals surface area contributed by atoms with Gasteiger partial charge in [-0.15, -0.1) is 0 Å². The normalized spacial score (nSPS) is 14.1. The molecule has 0 aliphatic rings. The Bertz CT molecular complexity index is 1700. The van der Waals surface area contributed by atoms with E-state index < -0.39 is 20.0 Å². The van der Waals surface area contributed by atoms with E-state index in [1.54, 1.807) is 0 Å². The van der Waals surface area contributed by atoms with Crippen LogP contribution in [0, 0.1) is 0 Å².